The lowest BCUT2D eigenvalue weighted by atomic mass is 9.77. The first-order chi connectivity index (χ1) is 15.8. The Balaban J connectivity index is 1.51. The van der Waals surface area contributed by atoms with Crippen LogP contribution in [0, 0.1) is 5.92 Å². The molecule has 1 heterocycles. The van der Waals surface area contributed by atoms with E-state index in [2.05, 4.69) is 42.5 Å². The predicted molar refractivity (Wildman–Crippen MR) is 131 cm³/mol. The number of hydrazone groups is 1. The van der Waals surface area contributed by atoms with Gasteiger partial charge in [0, 0.05) is 12.0 Å². The second-order valence-electron chi connectivity index (χ2n) is 8.35. The van der Waals surface area contributed by atoms with Gasteiger partial charge >= 0.3 is 0 Å². The fourth-order valence-corrected chi connectivity index (χ4v) is 4.72. The van der Waals surface area contributed by atoms with Crippen LogP contribution in [0.3, 0.4) is 0 Å². The molecule has 1 aliphatic carbocycles. The number of amides is 1. The second kappa shape index (κ2) is 9.19. The molecule has 3 nitrogen and oxygen atoms in total. The van der Waals surface area contributed by atoms with Crippen LogP contribution in [0.25, 0.3) is 12.2 Å². The highest BCUT2D eigenvalue weighted by molar-refractivity contribution is 6.08. The van der Waals surface area contributed by atoms with E-state index in [0.29, 0.717) is 0 Å². The van der Waals surface area contributed by atoms with Gasteiger partial charge < -0.3 is 0 Å². The van der Waals surface area contributed by atoms with Crippen LogP contribution in [0.5, 0.6) is 0 Å². The number of carbonyl (C=O) groups excluding carboxylic acids is 1. The highest BCUT2D eigenvalue weighted by Crippen LogP contribution is 2.44. The minimum Gasteiger partial charge on any atom is -0.268 e. The Morgan fingerprint density at radius 1 is 0.844 bits per heavy atom. The highest BCUT2D eigenvalue weighted by atomic mass is 16.2. The van der Waals surface area contributed by atoms with Crippen molar-refractivity contribution in [1.29, 1.82) is 0 Å². The summed E-state index contributed by atoms with van der Waals surface area (Å²) in [5, 5.41) is 6.65. The van der Waals surface area contributed by atoms with Crippen LogP contribution in [0.15, 0.2) is 108 Å². The van der Waals surface area contributed by atoms with Crippen molar-refractivity contribution in [2.45, 2.75) is 25.3 Å². The maximum atomic E-state index is 13.3. The Morgan fingerprint density at radius 3 is 2.16 bits per heavy atom. The van der Waals surface area contributed by atoms with E-state index in [9.17, 15) is 4.79 Å². The van der Waals surface area contributed by atoms with Crippen LogP contribution in [0.1, 0.15) is 42.0 Å². The van der Waals surface area contributed by atoms with Crippen molar-refractivity contribution in [2.75, 3.05) is 0 Å². The Bertz CT molecular complexity index is 1160. The largest absolute Gasteiger partial charge is 0.268 e. The zero-order valence-electron chi connectivity index (χ0n) is 18.0. The van der Waals surface area contributed by atoms with Gasteiger partial charge in [0.05, 0.1) is 11.8 Å². The third-order valence-electron chi connectivity index (χ3n) is 6.23. The summed E-state index contributed by atoms with van der Waals surface area (Å²) in [5.74, 6) is 0.138. The topological polar surface area (TPSA) is 32.7 Å². The molecule has 0 saturated heterocycles. The fraction of sp³-hybridized carbons (Fsp3) is 0.172. The van der Waals surface area contributed by atoms with E-state index in [1.54, 1.807) is 11.1 Å². The molecule has 1 amide bonds. The van der Waals surface area contributed by atoms with E-state index in [0.717, 1.165) is 36.1 Å². The number of carbonyl (C=O) groups is 1. The zero-order valence-corrected chi connectivity index (χ0v) is 18.0. The van der Waals surface area contributed by atoms with Crippen molar-refractivity contribution in [3.8, 4) is 0 Å². The molecule has 0 aromatic heterocycles. The van der Waals surface area contributed by atoms with E-state index in [1.807, 2.05) is 60.7 Å². The molecule has 2 atom stereocenters. The van der Waals surface area contributed by atoms with Gasteiger partial charge in [-0.1, -0.05) is 91.0 Å². The number of hydrogen-bond acceptors (Lipinski definition) is 2. The van der Waals surface area contributed by atoms with E-state index < -0.39 is 0 Å². The molecule has 0 bridgehead atoms. The molecule has 32 heavy (non-hydrogen) atoms. The van der Waals surface area contributed by atoms with Crippen molar-refractivity contribution in [2.24, 2.45) is 11.0 Å². The molecule has 5 rings (SSSR count). The molecule has 1 saturated carbocycles. The minimum atomic E-state index is -0.0799. The van der Waals surface area contributed by atoms with Gasteiger partial charge in [-0.3, -0.25) is 4.79 Å². The van der Waals surface area contributed by atoms with Gasteiger partial charge in [0.25, 0.3) is 5.91 Å². The summed E-state index contributed by atoms with van der Waals surface area (Å²) in [5.41, 5.74) is 5.63. The molecule has 1 fully saturated rings. The van der Waals surface area contributed by atoms with Gasteiger partial charge in [0.2, 0.25) is 0 Å². The van der Waals surface area contributed by atoms with Gasteiger partial charge in [-0.15, -0.1) is 0 Å². The molecule has 158 valence electrons. The Labute approximate surface area is 189 Å². The molecule has 3 aromatic carbocycles. The quantitative estimate of drug-likeness (QED) is 0.444. The third-order valence-corrected chi connectivity index (χ3v) is 6.23. The van der Waals surface area contributed by atoms with Crippen LogP contribution < -0.4 is 0 Å². The van der Waals surface area contributed by atoms with Crippen LogP contribution in [0.4, 0.5) is 0 Å². The third kappa shape index (κ3) is 4.19. The van der Waals surface area contributed by atoms with Crippen LogP contribution in [0.2, 0.25) is 0 Å². The lowest BCUT2D eigenvalue weighted by Crippen LogP contribution is -2.30. The summed E-state index contributed by atoms with van der Waals surface area (Å²) in [6, 6.07) is 30.5. The first kappa shape index (κ1) is 20.2. The molecule has 2 aliphatic rings. The monoisotopic (exact) mass is 418 g/mol. The number of allylic oxidation sites excluding steroid dienone is 1. The predicted octanol–water partition coefficient (Wildman–Crippen LogP) is 6.52. The Hall–Kier alpha value is -3.72. The fourth-order valence-electron chi connectivity index (χ4n) is 4.72. The summed E-state index contributed by atoms with van der Waals surface area (Å²) < 4.78 is 0. The number of benzene rings is 3. The Kier molecular flexibility index (Phi) is 5.80. The van der Waals surface area contributed by atoms with Crippen molar-refractivity contribution in [1.82, 2.24) is 5.01 Å². The van der Waals surface area contributed by atoms with Gasteiger partial charge in [-0.2, -0.15) is 5.10 Å². The lowest BCUT2D eigenvalue weighted by molar-refractivity contribution is -0.128. The number of nitrogens with zero attached hydrogens (tertiary/aromatic N) is 2. The second-order valence-corrected chi connectivity index (χ2v) is 8.35. The SMILES string of the molecule is O=C(/C=C/c1ccccc1)N1N=C2/C(=C/c3ccccc3)CCC[C@@H]2[C@H]1c1ccccc1. The van der Waals surface area contributed by atoms with E-state index in [4.69, 9.17) is 5.10 Å². The zero-order chi connectivity index (χ0) is 21.8. The molecule has 0 N–H and O–H groups in total. The summed E-state index contributed by atoms with van der Waals surface area (Å²) in [4.78, 5) is 13.3. The normalized spacial score (nSPS) is 21.6. The minimum absolute atomic E-state index is 0.0707. The number of hydrogen-bond donors (Lipinski definition) is 0. The first-order valence-corrected chi connectivity index (χ1v) is 11.3. The van der Waals surface area contributed by atoms with E-state index in [-0.39, 0.29) is 17.9 Å². The summed E-state index contributed by atoms with van der Waals surface area (Å²) in [6.07, 6.45) is 8.89. The van der Waals surface area contributed by atoms with Gasteiger partial charge in [-0.05, 0) is 53.7 Å². The average molecular weight is 419 g/mol. The number of rotatable bonds is 4. The van der Waals surface area contributed by atoms with Crippen molar-refractivity contribution in [3.05, 3.63) is 119 Å². The van der Waals surface area contributed by atoms with Crippen LogP contribution in [-0.4, -0.2) is 16.6 Å². The molecule has 1 aliphatic heterocycles. The van der Waals surface area contributed by atoms with Crippen molar-refractivity contribution in [3.63, 3.8) is 0 Å². The van der Waals surface area contributed by atoms with Gasteiger partial charge in [0.15, 0.2) is 0 Å². The molecule has 0 spiro atoms. The first-order valence-electron chi connectivity index (χ1n) is 11.3. The highest BCUT2D eigenvalue weighted by Gasteiger charge is 2.43. The van der Waals surface area contributed by atoms with Crippen molar-refractivity contribution < 1.29 is 4.79 Å². The van der Waals surface area contributed by atoms with E-state index in [1.165, 1.54) is 11.1 Å². The Morgan fingerprint density at radius 2 is 1.47 bits per heavy atom. The molecular formula is C29H26N2O. The van der Waals surface area contributed by atoms with Gasteiger partial charge in [0.1, 0.15) is 0 Å². The standard InChI is InChI=1S/C29H26N2O/c32-27(20-19-22-11-4-1-5-12-22)31-29(24-15-8-3-9-16-24)26-18-10-17-25(28(26)30-31)21-23-13-6-2-7-14-23/h1-9,11-16,19-21,26,29H,10,17-18H2/b20-19+,25-21+/t26-,29+/m0/s1. The molecule has 0 radical (unpaired) electrons. The molecule has 3 heteroatoms. The maximum absolute atomic E-state index is 13.3. The van der Waals surface area contributed by atoms with Gasteiger partial charge in [-0.25, -0.2) is 5.01 Å². The van der Waals surface area contributed by atoms with Crippen molar-refractivity contribution >= 4 is 23.8 Å². The number of fused-ring (bicyclic) bond motifs is 1. The maximum Gasteiger partial charge on any atom is 0.267 e. The van der Waals surface area contributed by atoms with E-state index >= 15 is 0 Å². The smallest absolute Gasteiger partial charge is 0.267 e. The average Bonchev–Trinajstić information content (AvgIpc) is 3.25. The molecular weight excluding hydrogens is 392 g/mol. The lowest BCUT2D eigenvalue weighted by Gasteiger charge is -2.29. The molecule has 0 unspecified atom stereocenters. The van der Waals surface area contributed by atoms with Crippen LogP contribution in [-0.2, 0) is 4.79 Å². The summed E-state index contributed by atoms with van der Waals surface area (Å²) in [7, 11) is 0. The van der Waals surface area contributed by atoms with Crippen LogP contribution >= 0.6 is 0 Å². The molecule has 3 aromatic rings. The summed E-state index contributed by atoms with van der Waals surface area (Å²) in [6.45, 7) is 0. The summed E-state index contributed by atoms with van der Waals surface area (Å²) >= 11 is 0.